The first-order valence-electron chi connectivity index (χ1n) is 7.93. The van der Waals surface area contributed by atoms with Gasteiger partial charge in [0.2, 0.25) is 5.79 Å². The van der Waals surface area contributed by atoms with Gasteiger partial charge in [-0.05, 0) is 38.5 Å². The van der Waals surface area contributed by atoms with Crippen LogP contribution in [0.4, 0.5) is 0 Å². The molecule has 1 aliphatic heterocycles. The van der Waals surface area contributed by atoms with E-state index in [1.165, 1.54) is 5.57 Å². The Morgan fingerprint density at radius 3 is 2.55 bits per heavy atom. The van der Waals surface area contributed by atoms with Gasteiger partial charge < -0.3 is 10.5 Å². The third kappa shape index (κ3) is 2.54. The average Bonchev–Trinajstić information content (AvgIpc) is 2.42. The molecule has 0 amide bonds. The summed E-state index contributed by atoms with van der Waals surface area (Å²) in [5, 5.41) is 0. The van der Waals surface area contributed by atoms with Crippen molar-refractivity contribution in [3.8, 4) is 0 Å². The highest BCUT2D eigenvalue weighted by Crippen LogP contribution is 2.45. The van der Waals surface area contributed by atoms with Crippen LogP contribution in [0.1, 0.15) is 59.3 Å². The predicted octanol–water partition coefficient (Wildman–Crippen LogP) is 3.07. The topological polar surface area (TPSA) is 53.7 Å². The number of fused-ring (bicyclic) bond motifs is 1. The Morgan fingerprint density at radius 2 is 1.90 bits per heavy atom. The minimum Gasteiger partial charge on any atom is -0.337 e. The fraction of sp³-hybridized carbons (Fsp3) is 0.875. The molecule has 4 heteroatoms. The van der Waals surface area contributed by atoms with E-state index in [9.17, 15) is 0 Å². The molecule has 0 bridgehead atoms. The van der Waals surface area contributed by atoms with Gasteiger partial charge in [-0.2, -0.15) is 0 Å². The zero-order valence-corrected chi connectivity index (χ0v) is 12.9. The van der Waals surface area contributed by atoms with Crippen LogP contribution in [0.2, 0.25) is 0 Å². The first-order chi connectivity index (χ1) is 9.42. The third-order valence-electron chi connectivity index (χ3n) is 5.14. The smallest absolute Gasteiger partial charge is 0.202 e. The van der Waals surface area contributed by atoms with Crippen molar-refractivity contribution in [3.63, 3.8) is 0 Å². The van der Waals surface area contributed by atoms with Crippen LogP contribution in [0.5, 0.6) is 0 Å². The molecule has 0 aromatic heterocycles. The fourth-order valence-electron chi connectivity index (χ4n) is 3.42. The summed E-state index contributed by atoms with van der Waals surface area (Å²) in [4.78, 5) is 11.5. The Bertz CT molecular complexity index is 399. The van der Waals surface area contributed by atoms with Crippen molar-refractivity contribution in [1.82, 2.24) is 0 Å². The normalized spacial score (nSPS) is 45.4. The van der Waals surface area contributed by atoms with Gasteiger partial charge in [-0.15, -0.1) is 0 Å². The SMILES string of the molecule is CC(C)C1=C[C@H]2OC3(CCC(N)CC3)OO[C@@]2(C)CC1. The molecular weight excluding hydrogens is 254 g/mol. The van der Waals surface area contributed by atoms with Crippen LogP contribution < -0.4 is 5.73 Å². The molecule has 1 saturated carbocycles. The minimum absolute atomic E-state index is 0.00303. The number of ether oxygens (including phenoxy) is 1. The summed E-state index contributed by atoms with van der Waals surface area (Å²) in [6, 6.07) is 0.272. The van der Waals surface area contributed by atoms with Gasteiger partial charge in [0.25, 0.3) is 0 Å². The van der Waals surface area contributed by atoms with Gasteiger partial charge >= 0.3 is 0 Å². The Hall–Kier alpha value is -0.420. The van der Waals surface area contributed by atoms with Crippen LogP contribution in [-0.4, -0.2) is 23.5 Å². The molecule has 2 atom stereocenters. The van der Waals surface area contributed by atoms with Crippen molar-refractivity contribution >= 4 is 0 Å². The van der Waals surface area contributed by atoms with E-state index in [0.717, 1.165) is 38.5 Å². The average molecular weight is 281 g/mol. The lowest BCUT2D eigenvalue weighted by Gasteiger charge is -2.51. The lowest BCUT2D eigenvalue weighted by atomic mass is 9.80. The molecule has 1 heterocycles. The molecule has 0 aromatic rings. The summed E-state index contributed by atoms with van der Waals surface area (Å²) in [5.41, 5.74) is 7.11. The molecule has 1 spiro atoms. The second-order valence-corrected chi connectivity index (χ2v) is 7.16. The molecule has 114 valence electrons. The Balaban J connectivity index is 1.78. The van der Waals surface area contributed by atoms with Crippen molar-refractivity contribution < 1.29 is 14.5 Å². The Kier molecular flexibility index (Phi) is 3.70. The zero-order valence-electron chi connectivity index (χ0n) is 12.9. The van der Waals surface area contributed by atoms with Crippen molar-refractivity contribution in [2.75, 3.05) is 0 Å². The van der Waals surface area contributed by atoms with Crippen LogP contribution in [0, 0.1) is 5.92 Å². The predicted molar refractivity (Wildman–Crippen MR) is 76.8 cm³/mol. The van der Waals surface area contributed by atoms with Gasteiger partial charge in [0.15, 0.2) is 0 Å². The lowest BCUT2D eigenvalue weighted by Crippen LogP contribution is -2.58. The molecule has 0 aromatic carbocycles. The monoisotopic (exact) mass is 281 g/mol. The molecule has 3 aliphatic rings. The van der Waals surface area contributed by atoms with Gasteiger partial charge in [-0.1, -0.05) is 25.5 Å². The lowest BCUT2D eigenvalue weighted by molar-refractivity contribution is -0.527. The van der Waals surface area contributed by atoms with Gasteiger partial charge in [-0.3, -0.25) is 0 Å². The highest BCUT2D eigenvalue weighted by molar-refractivity contribution is 5.18. The quantitative estimate of drug-likeness (QED) is 0.593. The molecule has 0 radical (unpaired) electrons. The summed E-state index contributed by atoms with van der Waals surface area (Å²) in [7, 11) is 0. The maximum absolute atomic E-state index is 6.37. The number of allylic oxidation sites excluding steroid dienone is 1. The first-order valence-corrected chi connectivity index (χ1v) is 7.93. The van der Waals surface area contributed by atoms with Gasteiger partial charge in [0.05, 0.1) is 0 Å². The van der Waals surface area contributed by atoms with Crippen molar-refractivity contribution in [1.29, 1.82) is 0 Å². The molecule has 20 heavy (non-hydrogen) atoms. The van der Waals surface area contributed by atoms with Crippen LogP contribution in [0.3, 0.4) is 0 Å². The summed E-state index contributed by atoms with van der Waals surface area (Å²) >= 11 is 0. The van der Waals surface area contributed by atoms with E-state index in [2.05, 4.69) is 26.8 Å². The van der Waals surface area contributed by atoms with Crippen molar-refractivity contribution in [2.45, 2.75) is 82.8 Å². The fourth-order valence-corrected chi connectivity index (χ4v) is 3.42. The number of hydrogen-bond acceptors (Lipinski definition) is 4. The molecular formula is C16H27NO3. The largest absolute Gasteiger partial charge is 0.337 e. The molecule has 2 fully saturated rings. The maximum atomic E-state index is 6.37. The van der Waals surface area contributed by atoms with Crippen molar-refractivity contribution in [3.05, 3.63) is 11.6 Å². The standard InChI is InChI=1S/C16H27NO3/c1-11(2)12-4-7-15(3)14(10-12)18-16(20-19-15)8-5-13(17)6-9-16/h10-11,13-14H,4-9,17H2,1-3H3/t13?,14-,15+,16?/m1/s1. The van der Waals surface area contributed by atoms with E-state index in [-0.39, 0.29) is 17.7 Å². The van der Waals surface area contributed by atoms with E-state index >= 15 is 0 Å². The molecule has 2 N–H and O–H groups in total. The van der Waals surface area contributed by atoms with E-state index < -0.39 is 5.79 Å². The Morgan fingerprint density at radius 1 is 1.20 bits per heavy atom. The van der Waals surface area contributed by atoms with Gasteiger partial charge in [0.1, 0.15) is 11.7 Å². The second kappa shape index (κ2) is 5.09. The number of rotatable bonds is 1. The van der Waals surface area contributed by atoms with Crippen LogP contribution in [-0.2, 0) is 14.5 Å². The van der Waals surface area contributed by atoms with Crippen LogP contribution >= 0.6 is 0 Å². The Labute approximate surface area is 121 Å². The minimum atomic E-state index is -0.573. The molecule has 1 saturated heterocycles. The van der Waals surface area contributed by atoms with Crippen molar-refractivity contribution in [2.24, 2.45) is 11.7 Å². The highest BCUT2D eigenvalue weighted by atomic mass is 17.2. The molecule has 0 unspecified atom stereocenters. The third-order valence-corrected chi connectivity index (χ3v) is 5.14. The van der Waals surface area contributed by atoms with E-state index in [1.54, 1.807) is 0 Å². The summed E-state index contributed by atoms with van der Waals surface area (Å²) in [6.45, 7) is 6.57. The maximum Gasteiger partial charge on any atom is 0.202 e. The highest BCUT2D eigenvalue weighted by Gasteiger charge is 2.52. The molecule has 4 nitrogen and oxygen atoms in total. The second-order valence-electron chi connectivity index (χ2n) is 7.16. The van der Waals surface area contributed by atoms with E-state index in [4.69, 9.17) is 20.2 Å². The zero-order chi connectivity index (χ0) is 14.4. The molecule has 3 rings (SSSR count). The van der Waals surface area contributed by atoms with Gasteiger partial charge in [0, 0.05) is 18.9 Å². The first kappa shape index (κ1) is 14.5. The van der Waals surface area contributed by atoms with E-state index in [0.29, 0.717) is 5.92 Å². The summed E-state index contributed by atoms with van der Waals surface area (Å²) < 4.78 is 6.37. The van der Waals surface area contributed by atoms with E-state index in [1.807, 2.05) is 0 Å². The summed E-state index contributed by atoms with van der Waals surface area (Å²) in [5.74, 6) is -0.00240. The van der Waals surface area contributed by atoms with Gasteiger partial charge in [-0.25, -0.2) is 9.78 Å². The van der Waals surface area contributed by atoms with Crippen LogP contribution in [0.15, 0.2) is 11.6 Å². The number of hydrogen-bond donors (Lipinski definition) is 1. The number of nitrogens with two attached hydrogens (primary N) is 1. The molecule has 2 aliphatic carbocycles. The van der Waals surface area contributed by atoms with Crippen LogP contribution in [0.25, 0.3) is 0 Å². The summed E-state index contributed by atoms with van der Waals surface area (Å²) in [6.07, 6.45) is 7.81.